The Kier molecular flexibility index (Phi) is 4.18. The molecule has 0 heterocycles. The van der Waals surface area contributed by atoms with E-state index in [1.54, 1.807) is 48.5 Å². The molecule has 0 fully saturated rings. The number of rotatable bonds is 3. The van der Waals surface area contributed by atoms with Crippen molar-refractivity contribution in [2.75, 3.05) is 5.32 Å². The molecule has 0 radical (unpaired) electrons. The van der Waals surface area contributed by atoms with Gasteiger partial charge in [0.2, 0.25) is 11.7 Å². The van der Waals surface area contributed by atoms with Gasteiger partial charge in [-0.15, -0.1) is 0 Å². The molecule has 0 aliphatic heterocycles. The summed E-state index contributed by atoms with van der Waals surface area (Å²) in [4.78, 5) is 36.1. The number of carbonyl (C=O) groups is 3. The van der Waals surface area contributed by atoms with Gasteiger partial charge in [-0.3, -0.25) is 14.4 Å². The molecule has 0 bridgehead atoms. The lowest BCUT2D eigenvalue weighted by atomic mass is 9.90. The van der Waals surface area contributed by atoms with Crippen LogP contribution in [-0.4, -0.2) is 17.5 Å². The number of allylic oxidation sites excluding steroid dienone is 1. The van der Waals surface area contributed by atoms with Crippen LogP contribution in [-0.2, 0) is 9.59 Å². The number of nitrogens with one attached hydrogen (secondary N) is 2. The van der Waals surface area contributed by atoms with Crippen molar-refractivity contribution in [3.63, 3.8) is 0 Å². The van der Waals surface area contributed by atoms with Gasteiger partial charge in [-0.05, 0) is 24.3 Å². The fourth-order valence-corrected chi connectivity index (χ4v) is 2.61. The normalized spacial score (nSPS) is 13.6. The summed E-state index contributed by atoms with van der Waals surface area (Å²) in [6.07, 6.45) is 0. The van der Waals surface area contributed by atoms with E-state index in [1.807, 2.05) is 0 Å². The first-order valence-corrected chi connectivity index (χ1v) is 7.58. The van der Waals surface area contributed by atoms with Crippen molar-refractivity contribution < 1.29 is 14.4 Å². The first-order valence-electron chi connectivity index (χ1n) is 7.20. The second-order valence-electron chi connectivity index (χ2n) is 5.27. The van der Waals surface area contributed by atoms with Gasteiger partial charge < -0.3 is 10.6 Å². The molecule has 3 rings (SSSR count). The lowest BCUT2D eigenvalue weighted by Gasteiger charge is -2.23. The molecule has 0 aromatic heterocycles. The highest BCUT2D eigenvalue weighted by atomic mass is 35.5. The van der Waals surface area contributed by atoms with Crippen molar-refractivity contribution in [3.05, 3.63) is 70.4 Å². The summed E-state index contributed by atoms with van der Waals surface area (Å²) in [7, 11) is 0. The number of fused-ring (bicyclic) bond motifs is 1. The number of ketones is 2. The monoisotopic (exact) mass is 340 g/mol. The van der Waals surface area contributed by atoms with Crippen LogP contribution in [0.2, 0.25) is 5.02 Å². The van der Waals surface area contributed by atoms with Crippen molar-refractivity contribution in [1.82, 2.24) is 5.32 Å². The maximum Gasteiger partial charge on any atom is 0.251 e. The molecule has 2 aromatic carbocycles. The van der Waals surface area contributed by atoms with Gasteiger partial charge in [0.05, 0.1) is 5.70 Å². The molecule has 2 aromatic rings. The largest absolute Gasteiger partial charge is 0.353 e. The van der Waals surface area contributed by atoms with Crippen LogP contribution in [0.5, 0.6) is 0 Å². The van der Waals surface area contributed by atoms with Gasteiger partial charge in [-0.25, -0.2) is 0 Å². The third-order valence-corrected chi connectivity index (χ3v) is 3.79. The van der Waals surface area contributed by atoms with Crippen molar-refractivity contribution in [2.45, 2.75) is 6.92 Å². The number of Topliss-reactive ketones (excluding diaryl/α,β-unsaturated/α-hetero) is 2. The number of benzene rings is 2. The van der Waals surface area contributed by atoms with Gasteiger partial charge in [0, 0.05) is 28.8 Å². The zero-order valence-corrected chi connectivity index (χ0v) is 13.5. The zero-order chi connectivity index (χ0) is 17.3. The van der Waals surface area contributed by atoms with Gasteiger partial charge in [-0.2, -0.15) is 0 Å². The number of hydrogen-bond donors (Lipinski definition) is 2. The molecule has 2 N–H and O–H groups in total. The van der Waals surface area contributed by atoms with Crippen LogP contribution < -0.4 is 10.6 Å². The molecule has 0 saturated carbocycles. The second kappa shape index (κ2) is 6.29. The molecule has 0 saturated heterocycles. The first kappa shape index (κ1) is 16.0. The smallest absolute Gasteiger partial charge is 0.251 e. The Bertz CT molecular complexity index is 885. The van der Waals surface area contributed by atoms with E-state index in [9.17, 15) is 14.4 Å². The van der Waals surface area contributed by atoms with Crippen LogP contribution in [0.4, 0.5) is 5.69 Å². The van der Waals surface area contributed by atoms with E-state index in [1.165, 1.54) is 6.92 Å². The third-order valence-electron chi connectivity index (χ3n) is 3.54. The molecule has 6 heteroatoms. The van der Waals surface area contributed by atoms with Crippen molar-refractivity contribution >= 4 is 40.5 Å². The Morgan fingerprint density at radius 1 is 0.875 bits per heavy atom. The van der Waals surface area contributed by atoms with Crippen LogP contribution in [0, 0.1) is 0 Å². The molecule has 0 spiro atoms. The summed E-state index contributed by atoms with van der Waals surface area (Å²) in [5, 5.41) is 6.15. The van der Waals surface area contributed by atoms with Crippen LogP contribution in [0.1, 0.15) is 22.8 Å². The molecule has 0 unspecified atom stereocenters. The maximum atomic E-state index is 12.4. The van der Waals surface area contributed by atoms with E-state index in [2.05, 4.69) is 10.6 Å². The number of halogens is 1. The van der Waals surface area contributed by atoms with E-state index in [4.69, 9.17) is 11.6 Å². The number of amides is 1. The van der Waals surface area contributed by atoms with E-state index < -0.39 is 17.5 Å². The van der Waals surface area contributed by atoms with Gasteiger partial charge in [0.25, 0.3) is 5.78 Å². The minimum absolute atomic E-state index is 0.0545. The molecule has 5 nitrogen and oxygen atoms in total. The summed E-state index contributed by atoms with van der Waals surface area (Å²) in [6, 6.07) is 13.6. The number of anilines is 1. The topological polar surface area (TPSA) is 75.3 Å². The molecular weight excluding hydrogens is 328 g/mol. The summed E-state index contributed by atoms with van der Waals surface area (Å²) >= 11 is 5.88. The Hall–Kier alpha value is -2.92. The van der Waals surface area contributed by atoms with Crippen LogP contribution in [0.3, 0.4) is 0 Å². The van der Waals surface area contributed by atoms with E-state index in [-0.39, 0.29) is 5.70 Å². The van der Waals surface area contributed by atoms with Crippen LogP contribution in [0.25, 0.3) is 5.70 Å². The lowest BCUT2D eigenvalue weighted by molar-refractivity contribution is -0.120. The van der Waals surface area contributed by atoms with Crippen LogP contribution in [0.15, 0.2) is 54.2 Å². The third kappa shape index (κ3) is 2.94. The average molecular weight is 341 g/mol. The van der Waals surface area contributed by atoms with E-state index >= 15 is 0 Å². The van der Waals surface area contributed by atoms with Gasteiger partial charge in [-0.1, -0.05) is 35.9 Å². The predicted octanol–water partition coefficient (Wildman–Crippen LogP) is 3.02. The number of hydrogen-bond acceptors (Lipinski definition) is 4. The Labute approximate surface area is 143 Å². The minimum atomic E-state index is -0.750. The van der Waals surface area contributed by atoms with Gasteiger partial charge >= 0.3 is 0 Å². The lowest BCUT2D eigenvalue weighted by Crippen LogP contribution is -2.35. The minimum Gasteiger partial charge on any atom is -0.353 e. The quantitative estimate of drug-likeness (QED) is 0.842. The van der Waals surface area contributed by atoms with Crippen LogP contribution >= 0.6 is 11.6 Å². The zero-order valence-electron chi connectivity index (χ0n) is 12.7. The van der Waals surface area contributed by atoms with Gasteiger partial charge in [0.1, 0.15) is 5.70 Å². The Morgan fingerprint density at radius 2 is 1.50 bits per heavy atom. The molecule has 1 aliphatic carbocycles. The fraction of sp³-hybridized carbons (Fsp3) is 0.0556. The highest BCUT2D eigenvalue weighted by Gasteiger charge is 2.33. The molecular formula is C18H13ClN2O3. The van der Waals surface area contributed by atoms with Crippen molar-refractivity contribution in [2.24, 2.45) is 0 Å². The SMILES string of the molecule is CC(=O)NC1=C(Nc2ccc(Cl)cc2)c2ccccc2C(=O)C1=O. The molecule has 24 heavy (non-hydrogen) atoms. The second-order valence-corrected chi connectivity index (χ2v) is 5.70. The molecule has 0 atom stereocenters. The summed E-state index contributed by atoms with van der Waals surface area (Å²) < 4.78 is 0. The fourth-order valence-electron chi connectivity index (χ4n) is 2.49. The van der Waals surface area contributed by atoms with Gasteiger partial charge in [0.15, 0.2) is 0 Å². The summed E-state index contributed by atoms with van der Waals surface area (Å²) in [6.45, 7) is 1.28. The Morgan fingerprint density at radius 3 is 2.12 bits per heavy atom. The molecule has 1 aliphatic rings. The first-order chi connectivity index (χ1) is 11.5. The van der Waals surface area contributed by atoms with E-state index in [0.29, 0.717) is 27.5 Å². The summed E-state index contributed by atoms with van der Waals surface area (Å²) in [5.74, 6) is -1.82. The molecule has 1 amide bonds. The van der Waals surface area contributed by atoms with Crippen molar-refractivity contribution in [1.29, 1.82) is 0 Å². The van der Waals surface area contributed by atoms with E-state index in [0.717, 1.165) is 0 Å². The summed E-state index contributed by atoms with van der Waals surface area (Å²) in [5.41, 5.74) is 1.86. The predicted molar refractivity (Wildman–Crippen MR) is 91.6 cm³/mol. The number of carbonyl (C=O) groups excluding carboxylic acids is 3. The Balaban J connectivity index is 2.15. The standard InChI is InChI=1S/C18H13ClN2O3/c1-10(22)20-16-15(21-12-8-6-11(19)7-9-12)13-4-2-3-5-14(13)17(23)18(16)24/h2-9,21H,1H3,(H,20,22). The molecule has 120 valence electrons. The average Bonchev–Trinajstić information content (AvgIpc) is 2.57. The highest BCUT2D eigenvalue weighted by molar-refractivity contribution is 6.52. The highest BCUT2D eigenvalue weighted by Crippen LogP contribution is 2.30. The maximum absolute atomic E-state index is 12.4. The van der Waals surface area contributed by atoms with Crippen molar-refractivity contribution in [3.8, 4) is 0 Å².